The molecule has 0 saturated carbocycles. The summed E-state index contributed by atoms with van der Waals surface area (Å²) in [5.41, 5.74) is 2.29. The third-order valence-corrected chi connectivity index (χ3v) is 2.02. The second-order valence-electron chi connectivity index (χ2n) is 3.46. The van der Waals surface area contributed by atoms with Crippen molar-refractivity contribution in [1.82, 2.24) is 5.32 Å². The topological polar surface area (TPSA) is 24.4 Å². The average Bonchev–Trinajstić information content (AvgIpc) is 2.11. The van der Waals surface area contributed by atoms with Crippen LogP contribution in [0.3, 0.4) is 0 Å². The van der Waals surface area contributed by atoms with Gasteiger partial charge in [-0.05, 0) is 30.9 Å². The van der Waals surface area contributed by atoms with Gasteiger partial charge in [-0.2, -0.15) is 0 Å². The molecule has 0 radical (unpaired) electrons. The summed E-state index contributed by atoms with van der Waals surface area (Å²) in [6.07, 6.45) is 1.86. The predicted molar refractivity (Wildman–Crippen MR) is 59.9 cm³/mol. The van der Waals surface area contributed by atoms with Gasteiger partial charge in [-0.15, -0.1) is 0 Å². The van der Waals surface area contributed by atoms with Crippen LogP contribution in [-0.2, 0) is 0 Å². The number of amidine groups is 1. The summed E-state index contributed by atoms with van der Waals surface area (Å²) in [7, 11) is 1.86. The Labute approximate surface area is 81.5 Å². The second kappa shape index (κ2) is 5.57. The molecule has 0 aliphatic rings. The number of hydrogen-bond donors (Lipinski definition) is 1. The van der Waals surface area contributed by atoms with Crippen LogP contribution in [0.15, 0.2) is 28.9 Å². The molecular weight excluding hydrogens is 160 g/mol. The van der Waals surface area contributed by atoms with Gasteiger partial charge in [0, 0.05) is 13.2 Å². The van der Waals surface area contributed by atoms with E-state index in [4.69, 9.17) is 0 Å². The van der Waals surface area contributed by atoms with E-state index in [1.165, 1.54) is 0 Å². The minimum absolute atomic E-state index is 0.487. The van der Waals surface area contributed by atoms with Crippen LogP contribution in [0.25, 0.3) is 0 Å². The van der Waals surface area contributed by atoms with Crippen LogP contribution >= 0.6 is 0 Å². The minimum atomic E-state index is 0.487. The van der Waals surface area contributed by atoms with E-state index in [0.717, 1.165) is 17.0 Å². The lowest BCUT2D eigenvalue weighted by Gasteiger charge is -2.08. The van der Waals surface area contributed by atoms with Crippen molar-refractivity contribution in [2.24, 2.45) is 10.9 Å². The van der Waals surface area contributed by atoms with Gasteiger partial charge >= 0.3 is 0 Å². The average molecular weight is 180 g/mol. The number of aliphatic imine (C=N–C) groups is 1. The summed E-state index contributed by atoms with van der Waals surface area (Å²) in [4.78, 5) is 4.23. The van der Waals surface area contributed by atoms with Crippen molar-refractivity contribution < 1.29 is 0 Å². The van der Waals surface area contributed by atoms with Gasteiger partial charge in [-0.25, -0.2) is 4.99 Å². The highest BCUT2D eigenvalue weighted by Crippen LogP contribution is 2.16. The molecule has 0 heterocycles. The number of rotatable bonds is 3. The molecule has 0 aromatic rings. The Bertz CT molecular complexity index is 234. The fraction of sp³-hybridized carbons (Fsp3) is 0.545. The number of allylic oxidation sites excluding steroid dienone is 2. The van der Waals surface area contributed by atoms with Gasteiger partial charge in [0.2, 0.25) is 0 Å². The van der Waals surface area contributed by atoms with E-state index < -0.39 is 0 Å². The van der Waals surface area contributed by atoms with E-state index in [1.807, 2.05) is 27.1 Å². The zero-order valence-electron chi connectivity index (χ0n) is 9.31. The highest BCUT2D eigenvalue weighted by atomic mass is 14.9. The summed E-state index contributed by atoms with van der Waals surface area (Å²) in [5.74, 6) is 1.40. The molecule has 0 unspecified atom stereocenters. The zero-order valence-corrected chi connectivity index (χ0v) is 9.31. The molecule has 0 aliphatic heterocycles. The molecule has 1 N–H and O–H groups in total. The van der Waals surface area contributed by atoms with Crippen LogP contribution in [0, 0.1) is 5.92 Å². The van der Waals surface area contributed by atoms with Gasteiger partial charge in [0.25, 0.3) is 0 Å². The van der Waals surface area contributed by atoms with E-state index in [9.17, 15) is 0 Å². The highest BCUT2D eigenvalue weighted by molar-refractivity contribution is 5.79. The lowest BCUT2D eigenvalue weighted by molar-refractivity contribution is 0.780. The SMILES string of the molecule is C=C(/C(C)=C\N=C(/C)NC)C(C)C. The van der Waals surface area contributed by atoms with Crippen molar-refractivity contribution in [3.05, 3.63) is 23.9 Å². The first-order valence-corrected chi connectivity index (χ1v) is 4.57. The Morgan fingerprint density at radius 1 is 1.38 bits per heavy atom. The summed E-state index contributed by atoms with van der Waals surface area (Å²) in [6, 6.07) is 0. The lowest BCUT2D eigenvalue weighted by Crippen LogP contribution is -2.12. The smallest absolute Gasteiger partial charge is 0.0981 e. The first-order valence-electron chi connectivity index (χ1n) is 4.57. The Balaban J connectivity index is 4.42. The molecule has 0 aliphatic carbocycles. The van der Waals surface area contributed by atoms with Crippen molar-refractivity contribution in [3.8, 4) is 0 Å². The highest BCUT2D eigenvalue weighted by Gasteiger charge is 2.00. The Morgan fingerprint density at radius 3 is 2.31 bits per heavy atom. The predicted octanol–water partition coefficient (Wildman–Crippen LogP) is 2.74. The van der Waals surface area contributed by atoms with Crippen LogP contribution in [0.1, 0.15) is 27.7 Å². The van der Waals surface area contributed by atoms with Crippen molar-refractivity contribution in [2.75, 3.05) is 7.05 Å². The molecule has 0 saturated heterocycles. The number of hydrogen-bond acceptors (Lipinski definition) is 1. The summed E-state index contributed by atoms with van der Waals surface area (Å²) >= 11 is 0. The van der Waals surface area contributed by atoms with Gasteiger partial charge < -0.3 is 5.32 Å². The molecule has 74 valence electrons. The minimum Gasteiger partial charge on any atom is -0.377 e. The summed E-state index contributed by atoms with van der Waals surface area (Å²) < 4.78 is 0. The Kier molecular flexibility index (Phi) is 5.12. The fourth-order valence-electron chi connectivity index (χ4n) is 0.796. The van der Waals surface area contributed by atoms with Crippen molar-refractivity contribution >= 4 is 5.84 Å². The Hall–Kier alpha value is -1.05. The fourth-order valence-corrected chi connectivity index (χ4v) is 0.796. The molecule has 0 aromatic heterocycles. The quantitative estimate of drug-likeness (QED) is 0.403. The van der Waals surface area contributed by atoms with E-state index >= 15 is 0 Å². The maximum Gasteiger partial charge on any atom is 0.0981 e. The molecule has 0 aromatic carbocycles. The van der Waals surface area contributed by atoms with Gasteiger partial charge in [-0.3, -0.25) is 0 Å². The molecule has 2 nitrogen and oxygen atoms in total. The molecule has 0 amide bonds. The molecule has 0 bridgehead atoms. The third-order valence-electron chi connectivity index (χ3n) is 2.02. The summed E-state index contributed by atoms with van der Waals surface area (Å²) in [5, 5.41) is 2.96. The monoisotopic (exact) mass is 180 g/mol. The molecule has 0 spiro atoms. The zero-order chi connectivity index (χ0) is 10.4. The number of nitrogens with one attached hydrogen (secondary N) is 1. The first kappa shape index (κ1) is 11.9. The standard InChI is InChI=1S/C11H20N2/c1-8(2)10(4)9(3)7-13-11(5)12-6/h7-8H,4H2,1-3,5-6H3,(H,12,13)/b9-7-. The van der Waals surface area contributed by atoms with E-state index in [2.05, 4.69) is 30.7 Å². The van der Waals surface area contributed by atoms with E-state index in [1.54, 1.807) is 0 Å². The van der Waals surface area contributed by atoms with Crippen LogP contribution in [0.4, 0.5) is 0 Å². The molecule has 0 atom stereocenters. The number of nitrogens with zero attached hydrogens (tertiary/aromatic N) is 1. The maximum absolute atomic E-state index is 4.23. The molecule has 0 rings (SSSR count). The van der Waals surface area contributed by atoms with Crippen molar-refractivity contribution in [1.29, 1.82) is 0 Å². The van der Waals surface area contributed by atoms with Gasteiger partial charge in [-0.1, -0.05) is 20.4 Å². The van der Waals surface area contributed by atoms with Crippen LogP contribution in [0.2, 0.25) is 0 Å². The van der Waals surface area contributed by atoms with Gasteiger partial charge in [0.05, 0.1) is 5.84 Å². The summed E-state index contributed by atoms with van der Waals surface area (Å²) in [6.45, 7) is 12.2. The van der Waals surface area contributed by atoms with Crippen LogP contribution < -0.4 is 5.32 Å². The molecule has 0 fully saturated rings. The molecule has 13 heavy (non-hydrogen) atoms. The maximum atomic E-state index is 4.23. The van der Waals surface area contributed by atoms with Crippen molar-refractivity contribution in [2.45, 2.75) is 27.7 Å². The lowest BCUT2D eigenvalue weighted by atomic mass is 9.99. The molecular formula is C11H20N2. The van der Waals surface area contributed by atoms with Crippen molar-refractivity contribution in [3.63, 3.8) is 0 Å². The normalized spacial score (nSPS) is 13.4. The van der Waals surface area contributed by atoms with Gasteiger partial charge in [0.1, 0.15) is 0 Å². The second-order valence-corrected chi connectivity index (χ2v) is 3.46. The Morgan fingerprint density at radius 2 is 1.92 bits per heavy atom. The van der Waals surface area contributed by atoms with Crippen LogP contribution in [0.5, 0.6) is 0 Å². The third kappa shape index (κ3) is 4.51. The van der Waals surface area contributed by atoms with Gasteiger partial charge in [0.15, 0.2) is 0 Å². The first-order chi connectivity index (χ1) is 5.99. The van der Waals surface area contributed by atoms with Crippen LogP contribution in [-0.4, -0.2) is 12.9 Å². The van der Waals surface area contributed by atoms with E-state index in [-0.39, 0.29) is 0 Å². The largest absolute Gasteiger partial charge is 0.377 e. The molecule has 2 heteroatoms. The van der Waals surface area contributed by atoms with E-state index in [0.29, 0.717) is 5.92 Å².